The molecule has 2 heterocycles. The Hall–Kier alpha value is -8.29. The smallest absolute Gasteiger partial charge is 0.311 e. The third-order valence-corrected chi connectivity index (χ3v) is 17.9. The number of aryl methyl sites for hydroxylation is 4. The van der Waals surface area contributed by atoms with E-state index in [9.17, 15) is 14.4 Å². The fourth-order valence-corrected chi connectivity index (χ4v) is 14.5. The highest BCUT2D eigenvalue weighted by molar-refractivity contribution is 6.23. The number of fused-ring (bicyclic) bond motifs is 9. The fraction of sp³-hybridized carbons (Fsp3) is 0.243. The standard InChI is InChI=1S/C70H62N2O5/c1-42-25-30-52-51-19-8-11-23-60(51)77-61-32-31-54(64(42)66(52)61)68(75)72(41-73)48-28-26-47(27-29-48)17-16-24-62(74)76-49-37-43(2)63(44(3)38-49)65(45(4)39-57-46(5)50-18-6-9-21-55(50)69(57)33-12-13-34-69)59-40-58-67(71-59)53-20-7-10-22-56(53)70(58)35-14-15-36-70/h6-11,18-23,25-32,37-41,71H,5,12-17,24,33-36H2,1-4H3/b57-39+,65-45-. The number of amides is 2. The van der Waals surface area contributed by atoms with Crippen LogP contribution < -0.4 is 14.4 Å². The summed E-state index contributed by atoms with van der Waals surface area (Å²) in [6.07, 6.45) is 13.9. The maximum Gasteiger partial charge on any atom is 0.311 e. The zero-order chi connectivity index (χ0) is 52.7. The van der Waals surface area contributed by atoms with Crippen LogP contribution in [0, 0.1) is 20.8 Å². The van der Waals surface area contributed by atoms with Crippen LogP contribution in [0.1, 0.15) is 137 Å². The van der Waals surface area contributed by atoms with Gasteiger partial charge in [-0.1, -0.05) is 129 Å². The van der Waals surface area contributed by atoms with E-state index in [-0.39, 0.29) is 23.2 Å². The molecule has 1 N–H and O–H groups in total. The van der Waals surface area contributed by atoms with Gasteiger partial charge in [0.1, 0.15) is 17.2 Å². The molecule has 4 aliphatic carbocycles. The average molecular weight is 1010 g/mol. The molecule has 0 saturated heterocycles. The monoisotopic (exact) mass is 1010 g/mol. The third kappa shape index (κ3) is 7.71. The zero-order valence-electron chi connectivity index (χ0n) is 44.4. The molecule has 5 aliphatic rings. The summed E-state index contributed by atoms with van der Waals surface area (Å²) < 4.78 is 12.4. The molecule has 2 spiro atoms. The molecule has 0 radical (unpaired) electrons. The first-order valence-electron chi connectivity index (χ1n) is 27.6. The number of rotatable bonds is 11. The van der Waals surface area contributed by atoms with E-state index in [1.165, 1.54) is 75.9 Å². The lowest BCUT2D eigenvalue weighted by Gasteiger charge is -2.28. The maximum atomic E-state index is 14.2. The van der Waals surface area contributed by atoms with Crippen molar-refractivity contribution in [3.8, 4) is 39.6 Å². The zero-order valence-corrected chi connectivity index (χ0v) is 44.4. The molecular weight excluding hydrogens is 949 g/mol. The number of esters is 1. The molecule has 2 amide bonds. The van der Waals surface area contributed by atoms with Gasteiger partial charge in [-0.3, -0.25) is 14.4 Å². The van der Waals surface area contributed by atoms with Crippen LogP contribution in [0.25, 0.3) is 44.3 Å². The number of allylic oxidation sites excluding steroid dienone is 4. The third-order valence-electron chi connectivity index (χ3n) is 17.9. The fourth-order valence-electron chi connectivity index (χ4n) is 14.5. The van der Waals surface area contributed by atoms with Gasteiger partial charge >= 0.3 is 5.97 Å². The number of H-pyrrole nitrogens is 1. The van der Waals surface area contributed by atoms with E-state index in [1.54, 1.807) is 18.2 Å². The number of nitrogens with zero attached hydrogens (tertiary/aromatic N) is 1. The lowest BCUT2D eigenvalue weighted by atomic mass is 9.75. The molecule has 77 heavy (non-hydrogen) atoms. The number of imide groups is 1. The Labute approximate surface area is 451 Å². The van der Waals surface area contributed by atoms with Crippen molar-refractivity contribution in [3.63, 3.8) is 0 Å². The minimum Gasteiger partial charge on any atom is -0.456 e. The van der Waals surface area contributed by atoms with Crippen molar-refractivity contribution in [2.75, 3.05) is 4.90 Å². The number of aromatic amines is 1. The molecule has 2 fully saturated rings. The molecule has 0 atom stereocenters. The predicted molar refractivity (Wildman–Crippen MR) is 309 cm³/mol. The first-order valence-corrected chi connectivity index (χ1v) is 27.6. The van der Waals surface area contributed by atoms with Gasteiger partial charge in [-0.15, -0.1) is 0 Å². The quantitative estimate of drug-likeness (QED) is 0.0792. The van der Waals surface area contributed by atoms with Gasteiger partial charge in [-0.2, -0.15) is 0 Å². The van der Waals surface area contributed by atoms with Gasteiger partial charge in [-0.05, 0) is 187 Å². The maximum absolute atomic E-state index is 14.2. The Morgan fingerprint density at radius 2 is 1.32 bits per heavy atom. The second-order valence-corrected chi connectivity index (χ2v) is 22.3. The van der Waals surface area contributed by atoms with Crippen molar-refractivity contribution in [2.45, 2.75) is 109 Å². The van der Waals surface area contributed by atoms with Crippen LogP contribution >= 0.6 is 0 Å². The number of anilines is 1. The highest BCUT2D eigenvalue weighted by Gasteiger charge is 2.48. The molecule has 7 heteroatoms. The van der Waals surface area contributed by atoms with Gasteiger partial charge in [0.05, 0.1) is 11.4 Å². The van der Waals surface area contributed by atoms with Gasteiger partial charge in [0.15, 0.2) is 0 Å². The van der Waals surface area contributed by atoms with Gasteiger partial charge in [0.25, 0.3) is 5.91 Å². The van der Waals surface area contributed by atoms with Crippen molar-refractivity contribution in [2.24, 2.45) is 0 Å². The van der Waals surface area contributed by atoms with E-state index >= 15 is 0 Å². The van der Waals surface area contributed by atoms with E-state index in [2.05, 4.69) is 92.5 Å². The van der Waals surface area contributed by atoms with Crippen molar-refractivity contribution in [1.29, 1.82) is 0 Å². The number of carbonyl (C=O) groups is 3. The van der Waals surface area contributed by atoms with Gasteiger partial charge in [-0.25, -0.2) is 4.90 Å². The average Bonchev–Trinajstić information content (AvgIpc) is 4.39. The first-order chi connectivity index (χ1) is 37.5. The van der Waals surface area contributed by atoms with Gasteiger partial charge in [0.2, 0.25) is 6.41 Å². The number of carbonyl (C=O) groups excluding carboxylic acids is 3. The molecule has 13 rings (SSSR count). The van der Waals surface area contributed by atoms with E-state index in [0.29, 0.717) is 42.0 Å². The lowest BCUT2D eigenvalue weighted by molar-refractivity contribution is -0.134. The van der Waals surface area contributed by atoms with Crippen LogP contribution in [0.2, 0.25) is 0 Å². The van der Waals surface area contributed by atoms with E-state index < -0.39 is 5.91 Å². The number of nitrogens with one attached hydrogen (secondary N) is 1. The largest absolute Gasteiger partial charge is 0.456 e. The molecule has 7 nitrogen and oxygen atoms in total. The number of benzene rings is 7. The lowest BCUT2D eigenvalue weighted by Crippen LogP contribution is -2.29. The highest BCUT2D eigenvalue weighted by atomic mass is 16.5. The van der Waals surface area contributed by atoms with Crippen LogP contribution in [0.15, 0.2) is 163 Å². The minimum atomic E-state index is -0.422. The van der Waals surface area contributed by atoms with Crippen LogP contribution in [-0.2, 0) is 26.8 Å². The number of hydrogen-bond donors (Lipinski definition) is 1. The molecule has 1 aliphatic heterocycles. The molecule has 7 aromatic carbocycles. The molecule has 0 unspecified atom stereocenters. The Balaban J connectivity index is 0.746. The number of para-hydroxylation sites is 1. The molecule has 1 aromatic heterocycles. The van der Waals surface area contributed by atoms with Gasteiger partial charge < -0.3 is 14.5 Å². The minimum absolute atomic E-state index is 0.0288. The summed E-state index contributed by atoms with van der Waals surface area (Å²) in [5.74, 6) is 1.26. The Morgan fingerprint density at radius 3 is 2.04 bits per heavy atom. The second-order valence-electron chi connectivity index (χ2n) is 22.3. The Bertz CT molecular complexity index is 3850. The predicted octanol–water partition coefficient (Wildman–Crippen LogP) is 16.7. The van der Waals surface area contributed by atoms with Crippen molar-refractivity contribution >= 4 is 45.9 Å². The normalized spacial score (nSPS) is 16.8. The van der Waals surface area contributed by atoms with E-state index in [0.717, 1.165) is 97.3 Å². The summed E-state index contributed by atoms with van der Waals surface area (Å²) in [5.41, 5.74) is 22.0. The summed E-state index contributed by atoms with van der Waals surface area (Å²) in [6.45, 7) is 13.3. The Kier molecular flexibility index (Phi) is 11.8. The van der Waals surface area contributed by atoms with Crippen molar-refractivity contribution in [3.05, 3.63) is 225 Å². The Morgan fingerprint density at radius 1 is 0.675 bits per heavy atom. The number of ether oxygens (including phenoxy) is 2. The molecular formula is C70H62N2O5. The molecule has 2 saturated carbocycles. The summed E-state index contributed by atoms with van der Waals surface area (Å²) >= 11 is 0. The summed E-state index contributed by atoms with van der Waals surface area (Å²) in [4.78, 5) is 45.7. The van der Waals surface area contributed by atoms with E-state index in [1.807, 2.05) is 67.6 Å². The van der Waals surface area contributed by atoms with Crippen molar-refractivity contribution < 1.29 is 23.9 Å². The molecule has 382 valence electrons. The molecule has 8 aromatic rings. The number of aromatic nitrogens is 1. The van der Waals surface area contributed by atoms with Crippen molar-refractivity contribution in [1.82, 2.24) is 4.98 Å². The topological polar surface area (TPSA) is 88.7 Å². The SMILES string of the molecule is C=C1/C(=C\C(C)=C(\c2cc3c([nH]2)-c2ccccc2C32CCCC2)c2c(C)cc(OC(=O)CCCc3ccc(N(C=O)C(=O)c4ccc5c6c(ccc(C)c46)-c4ccccc4O5)cc3)cc2C)C2(CCCC2)c2ccccc21. The van der Waals surface area contributed by atoms with Crippen LogP contribution in [0.3, 0.4) is 0 Å². The van der Waals surface area contributed by atoms with E-state index in [4.69, 9.17) is 16.1 Å². The summed E-state index contributed by atoms with van der Waals surface area (Å²) in [6, 6.07) is 47.3. The summed E-state index contributed by atoms with van der Waals surface area (Å²) in [7, 11) is 0. The van der Waals surface area contributed by atoms with Crippen LogP contribution in [-0.4, -0.2) is 23.3 Å². The van der Waals surface area contributed by atoms with Crippen LogP contribution in [0.5, 0.6) is 17.2 Å². The summed E-state index contributed by atoms with van der Waals surface area (Å²) in [5, 5.41) is 1.62. The van der Waals surface area contributed by atoms with Gasteiger partial charge in [0, 0.05) is 56.0 Å². The van der Waals surface area contributed by atoms with Crippen LogP contribution in [0.4, 0.5) is 5.69 Å². The number of hydrogen-bond acceptors (Lipinski definition) is 5. The molecule has 0 bridgehead atoms. The highest BCUT2D eigenvalue weighted by Crippen LogP contribution is 2.60. The second kappa shape index (κ2) is 18.8. The first kappa shape index (κ1) is 48.4.